The highest BCUT2D eigenvalue weighted by Crippen LogP contribution is 2.19. The first-order valence-electron chi connectivity index (χ1n) is 7.85. The van der Waals surface area contributed by atoms with Gasteiger partial charge in [-0.25, -0.2) is 4.98 Å². The Morgan fingerprint density at radius 2 is 1.71 bits per heavy atom. The van der Waals surface area contributed by atoms with E-state index in [0.717, 1.165) is 5.69 Å². The van der Waals surface area contributed by atoms with Crippen molar-refractivity contribution in [3.63, 3.8) is 0 Å². The van der Waals surface area contributed by atoms with Gasteiger partial charge in [-0.1, -0.05) is 27.7 Å². The molecule has 0 aromatic carbocycles. The van der Waals surface area contributed by atoms with Gasteiger partial charge in [-0.05, 0) is 30.7 Å². The van der Waals surface area contributed by atoms with E-state index in [9.17, 15) is 0 Å². The summed E-state index contributed by atoms with van der Waals surface area (Å²) in [5.74, 6) is 2.01. The molecule has 0 aliphatic rings. The molecule has 1 aromatic rings. The van der Waals surface area contributed by atoms with Crippen molar-refractivity contribution in [2.45, 2.75) is 46.6 Å². The maximum Gasteiger partial charge on any atom is 0.213 e. The number of methoxy groups -OCH3 is 1. The van der Waals surface area contributed by atoms with Crippen LogP contribution in [0.25, 0.3) is 0 Å². The first-order chi connectivity index (χ1) is 10.0. The fourth-order valence-corrected chi connectivity index (χ4v) is 2.37. The van der Waals surface area contributed by atoms with Crippen molar-refractivity contribution in [2.24, 2.45) is 11.8 Å². The molecular formula is C17H30N2O2. The molecule has 0 bridgehead atoms. The Balaban J connectivity index is 2.54. The van der Waals surface area contributed by atoms with Crippen molar-refractivity contribution in [2.75, 3.05) is 25.6 Å². The molecule has 0 saturated heterocycles. The zero-order chi connectivity index (χ0) is 15.7. The van der Waals surface area contributed by atoms with Gasteiger partial charge in [-0.2, -0.15) is 0 Å². The van der Waals surface area contributed by atoms with Gasteiger partial charge in [-0.15, -0.1) is 0 Å². The summed E-state index contributed by atoms with van der Waals surface area (Å²) in [4.78, 5) is 4.32. The first kappa shape index (κ1) is 17.8. The number of aromatic nitrogens is 1. The van der Waals surface area contributed by atoms with Crippen LogP contribution in [0.3, 0.4) is 0 Å². The summed E-state index contributed by atoms with van der Waals surface area (Å²) >= 11 is 0. The highest BCUT2D eigenvalue weighted by molar-refractivity contribution is 5.43. The predicted molar refractivity (Wildman–Crippen MR) is 87.9 cm³/mol. The molecule has 1 rings (SSSR count). The monoisotopic (exact) mass is 294 g/mol. The Morgan fingerprint density at radius 1 is 1.05 bits per heavy atom. The lowest BCUT2D eigenvalue weighted by atomic mass is 9.95. The van der Waals surface area contributed by atoms with Crippen molar-refractivity contribution < 1.29 is 9.47 Å². The molecule has 1 N–H and O–H groups in total. The molecule has 0 spiro atoms. The summed E-state index contributed by atoms with van der Waals surface area (Å²) in [5.41, 5.74) is 1.06. The van der Waals surface area contributed by atoms with Crippen molar-refractivity contribution in [3.8, 4) is 5.88 Å². The molecule has 0 atom stereocenters. The summed E-state index contributed by atoms with van der Waals surface area (Å²) in [6, 6.07) is 4.43. The third-order valence-electron chi connectivity index (χ3n) is 3.16. The highest BCUT2D eigenvalue weighted by atomic mass is 16.5. The second kappa shape index (κ2) is 9.61. The second-order valence-corrected chi connectivity index (χ2v) is 6.33. The minimum absolute atomic E-state index is 0.493. The molecular weight excluding hydrogens is 264 g/mol. The molecule has 1 heterocycles. The van der Waals surface area contributed by atoms with Gasteiger partial charge in [0.15, 0.2) is 0 Å². The fraction of sp³-hybridized carbons (Fsp3) is 0.706. The molecule has 1 aromatic heterocycles. The lowest BCUT2D eigenvalue weighted by Gasteiger charge is -2.23. The molecule has 0 aliphatic heterocycles. The summed E-state index contributed by atoms with van der Waals surface area (Å²) in [6.07, 6.45) is 4.18. The Morgan fingerprint density at radius 3 is 2.19 bits per heavy atom. The van der Waals surface area contributed by atoms with Gasteiger partial charge in [0.05, 0.1) is 18.5 Å². The smallest absolute Gasteiger partial charge is 0.213 e. The Labute approximate surface area is 129 Å². The van der Waals surface area contributed by atoms with Crippen LogP contribution >= 0.6 is 0 Å². The molecule has 4 nitrogen and oxygen atoms in total. The molecule has 0 saturated carbocycles. The number of ether oxygens (including phenoxy) is 2. The molecule has 0 fully saturated rings. The van der Waals surface area contributed by atoms with E-state index in [-0.39, 0.29) is 0 Å². The van der Waals surface area contributed by atoms with Crippen LogP contribution in [-0.2, 0) is 4.74 Å². The number of rotatable bonds is 10. The summed E-state index contributed by atoms with van der Waals surface area (Å²) in [6.45, 7) is 10.2. The molecule has 0 amide bonds. The van der Waals surface area contributed by atoms with Crippen molar-refractivity contribution in [3.05, 3.63) is 18.3 Å². The normalized spacial score (nSPS) is 11.4. The zero-order valence-corrected chi connectivity index (χ0v) is 14.1. The van der Waals surface area contributed by atoms with E-state index in [1.54, 1.807) is 7.11 Å². The largest absolute Gasteiger partial charge is 0.475 e. The zero-order valence-electron chi connectivity index (χ0n) is 14.1. The molecule has 4 heteroatoms. The van der Waals surface area contributed by atoms with Crippen LogP contribution in [0.5, 0.6) is 5.88 Å². The van der Waals surface area contributed by atoms with E-state index in [1.165, 1.54) is 12.8 Å². The van der Waals surface area contributed by atoms with Crippen molar-refractivity contribution in [1.29, 1.82) is 0 Å². The third kappa shape index (κ3) is 7.90. The van der Waals surface area contributed by atoms with Crippen molar-refractivity contribution in [1.82, 2.24) is 4.98 Å². The Bertz CT molecular complexity index is 367. The number of nitrogens with zero attached hydrogens (tertiary/aromatic N) is 1. The Hall–Kier alpha value is -1.29. The maximum atomic E-state index is 5.47. The summed E-state index contributed by atoms with van der Waals surface area (Å²) in [7, 11) is 1.66. The number of nitrogens with one attached hydrogen (secondary N) is 1. The van der Waals surface area contributed by atoms with E-state index in [2.05, 4.69) is 38.0 Å². The second-order valence-electron chi connectivity index (χ2n) is 6.33. The molecule has 21 heavy (non-hydrogen) atoms. The lowest BCUT2D eigenvalue weighted by Crippen LogP contribution is -2.23. The van der Waals surface area contributed by atoms with Gasteiger partial charge in [0.2, 0.25) is 5.88 Å². The third-order valence-corrected chi connectivity index (χ3v) is 3.16. The Kier molecular flexibility index (Phi) is 8.13. The molecule has 0 aliphatic carbocycles. The molecule has 120 valence electrons. The highest BCUT2D eigenvalue weighted by Gasteiger charge is 2.13. The van der Waals surface area contributed by atoms with E-state index < -0.39 is 0 Å². The first-order valence-corrected chi connectivity index (χ1v) is 7.85. The quantitative estimate of drug-likeness (QED) is 0.663. The van der Waals surface area contributed by atoms with Crippen molar-refractivity contribution >= 4 is 5.69 Å². The number of pyridine rings is 1. The van der Waals surface area contributed by atoms with Gasteiger partial charge in [0.1, 0.15) is 6.61 Å². The average molecular weight is 294 g/mol. The van der Waals surface area contributed by atoms with E-state index in [0.29, 0.717) is 37.0 Å². The van der Waals surface area contributed by atoms with E-state index in [1.807, 2.05) is 18.3 Å². The standard InChI is InChI=1S/C17H30N2O2/c1-13(2)10-16(11-14(3)4)19-15-6-7-17(18-12-15)21-9-8-20-5/h6-7,12-14,16,19H,8-11H2,1-5H3. The van der Waals surface area contributed by atoms with Crippen LogP contribution in [-0.4, -0.2) is 31.3 Å². The van der Waals surface area contributed by atoms with Crippen LogP contribution in [0.15, 0.2) is 18.3 Å². The van der Waals surface area contributed by atoms with Crippen LogP contribution in [0, 0.1) is 11.8 Å². The molecule has 0 radical (unpaired) electrons. The average Bonchev–Trinajstić information content (AvgIpc) is 2.39. The number of hydrogen-bond acceptors (Lipinski definition) is 4. The van der Waals surface area contributed by atoms with Crippen LogP contribution in [0.2, 0.25) is 0 Å². The van der Waals surface area contributed by atoms with Gasteiger partial charge in [0, 0.05) is 19.2 Å². The van der Waals surface area contributed by atoms with Gasteiger partial charge in [-0.3, -0.25) is 0 Å². The van der Waals surface area contributed by atoms with Crippen LogP contribution in [0.1, 0.15) is 40.5 Å². The van der Waals surface area contributed by atoms with E-state index >= 15 is 0 Å². The SMILES string of the molecule is COCCOc1ccc(NC(CC(C)C)CC(C)C)cn1. The van der Waals surface area contributed by atoms with Gasteiger partial charge >= 0.3 is 0 Å². The maximum absolute atomic E-state index is 5.47. The fourth-order valence-electron chi connectivity index (χ4n) is 2.37. The summed E-state index contributed by atoms with van der Waals surface area (Å²) < 4.78 is 10.4. The summed E-state index contributed by atoms with van der Waals surface area (Å²) in [5, 5.41) is 3.59. The predicted octanol–water partition coefficient (Wildman–Crippen LogP) is 3.98. The topological polar surface area (TPSA) is 43.4 Å². The van der Waals surface area contributed by atoms with Gasteiger partial charge in [0.25, 0.3) is 0 Å². The molecule has 0 unspecified atom stereocenters. The minimum Gasteiger partial charge on any atom is -0.475 e. The number of anilines is 1. The van der Waals surface area contributed by atoms with Crippen LogP contribution in [0.4, 0.5) is 5.69 Å². The van der Waals surface area contributed by atoms with E-state index in [4.69, 9.17) is 9.47 Å². The number of hydrogen-bond donors (Lipinski definition) is 1. The lowest BCUT2D eigenvalue weighted by molar-refractivity contribution is 0.144. The van der Waals surface area contributed by atoms with Gasteiger partial charge < -0.3 is 14.8 Å². The van der Waals surface area contributed by atoms with Crippen LogP contribution < -0.4 is 10.1 Å². The minimum atomic E-state index is 0.493.